The van der Waals surface area contributed by atoms with Crippen molar-refractivity contribution in [2.45, 2.75) is 25.5 Å². The highest BCUT2D eigenvalue weighted by molar-refractivity contribution is 7.79. The molecule has 1 aromatic carbocycles. The standard InChI is InChI=1S/C13H13Cl2NS/c1-7(2)12-3-8(6-17)10-4-9(14)5-11(15)13(10)16-12/h3-5,7,17H,6H2,1-2H3. The van der Waals surface area contributed by atoms with Gasteiger partial charge in [-0.2, -0.15) is 12.6 Å². The van der Waals surface area contributed by atoms with E-state index in [1.165, 1.54) is 0 Å². The van der Waals surface area contributed by atoms with Crippen molar-refractivity contribution in [2.75, 3.05) is 0 Å². The highest BCUT2D eigenvalue weighted by atomic mass is 35.5. The minimum Gasteiger partial charge on any atom is -0.251 e. The molecule has 0 saturated heterocycles. The fourth-order valence-corrected chi connectivity index (χ4v) is 2.57. The zero-order valence-corrected chi connectivity index (χ0v) is 12.1. The molecular formula is C13H13Cl2NS. The van der Waals surface area contributed by atoms with Crippen molar-refractivity contribution in [1.82, 2.24) is 4.98 Å². The van der Waals surface area contributed by atoms with E-state index in [1.54, 1.807) is 6.07 Å². The summed E-state index contributed by atoms with van der Waals surface area (Å²) < 4.78 is 0. The topological polar surface area (TPSA) is 12.9 Å². The minimum atomic E-state index is 0.366. The molecule has 0 bridgehead atoms. The molecule has 0 saturated carbocycles. The first-order chi connectivity index (χ1) is 8.02. The lowest BCUT2D eigenvalue weighted by molar-refractivity contribution is 0.828. The van der Waals surface area contributed by atoms with E-state index < -0.39 is 0 Å². The maximum Gasteiger partial charge on any atom is 0.0895 e. The van der Waals surface area contributed by atoms with Crippen LogP contribution >= 0.6 is 35.8 Å². The predicted octanol–water partition coefficient (Wildman–Crippen LogP) is 5.09. The van der Waals surface area contributed by atoms with E-state index in [-0.39, 0.29) is 0 Å². The summed E-state index contributed by atoms with van der Waals surface area (Å²) in [5.41, 5.74) is 2.96. The van der Waals surface area contributed by atoms with Crippen LogP contribution in [0.2, 0.25) is 10.0 Å². The first-order valence-corrected chi connectivity index (χ1v) is 6.81. The highest BCUT2D eigenvalue weighted by Crippen LogP contribution is 2.31. The van der Waals surface area contributed by atoms with Crippen LogP contribution in [0.4, 0.5) is 0 Å². The van der Waals surface area contributed by atoms with Crippen molar-refractivity contribution in [1.29, 1.82) is 0 Å². The van der Waals surface area contributed by atoms with Crippen LogP contribution in [0, 0.1) is 0 Å². The molecule has 0 unspecified atom stereocenters. The van der Waals surface area contributed by atoms with Crippen LogP contribution in [0.5, 0.6) is 0 Å². The molecule has 4 heteroatoms. The van der Waals surface area contributed by atoms with E-state index in [0.29, 0.717) is 21.7 Å². The average Bonchev–Trinajstić information content (AvgIpc) is 2.27. The molecule has 0 spiro atoms. The lowest BCUT2D eigenvalue weighted by Gasteiger charge is -2.11. The Kier molecular flexibility index (Phi) is 3.86. The van der Waals surface area contributed by atoms with E-state index in [0.717, 1.165) is 22.2 Å². The largest absolute Gasteiger partial charge is 0.251 e. The quantitative estimate of drug-likeness (QED) is 0.758. The van der Waals surface area contributed by atoms with Crippen molar-refractivity contribution in [3.05, 3.63) is 39.5 Å². The number of fused-ring (bicyclic) bond motifs is 1. The second-order valence-electron chi connectivity index (χ2n) is 4.30. The summed E-state index contributed by atoms with van der Waals surface area (Å²) >= 11 is 16.6. The molecule has 0 amide bonds. The third-order valence-corrected chi connectivity index (χ3v) is 3.55. The average molecular weight is 286 g/mol. The Morgan fingerprint density at radius 3 is 2.53 bits per heavy atom. The van der Waals surface area contributed by atoms with Gasteiger partial charge >= 0.3 is 0 Å². The molecule has 0 N–H and O–H groups in total. The fourth-order valence-electron chi connectivity index (χ4n) is 1.77. The molecule has 0 fully saturated rings. The predicted molar refractivity (Wildman–Crippen MR) is 78.5 cm³/mol. The van der Waals surface area contributed by atoms with Gasteiger partial charge in [0, 0.05) is 21.9 Å². The number of aromatic nitrogens is 1. The summed E-state index contributed by atoms with van der Waals surface area (Å²) in [6.45, 7) is 4.22. The zero-order chi connectivity index (χ0) is 12.6. The summed E-state index contributed by atoms with van der Waals surface area (Å²) in [5, 5.41) is 2.21. The molecule has 1 nitrogen and oxygen atoms in total. The van der Waals surface area contributed by atoms with Crippen LogP contribution in [0.15, 0.2) is 18.2 Å². The van der Waals surface area contributed by atoms with Gasteiger partial charge in [-0.25, -0.2) is 0 Å². The van der Waals surface area contributed by atoms with Gasteiger partial charge in [-0.1, -0.05) is 37.0 Å². The zero-order valence-electron chi connectivity index (χ0n) is 9.67. The number of rotatable bonds is 2. The summed E-state index contributed by atoms with van der Waals surface area (Å²) in [6.07, 6.45) is 0. The third-order valence-electron chi connectivity index (χ3n) is 2.70. The second kappa shape index (κ2) is 5.05. The van der Waals surface area contributed by atoms with Crippen LogP contribution in [0.1, 0.15) is 31.0 Å². The molecule has 1 aromatic heterocycles. The molecular weight excluding hydrogens is 273 g/mol. The van der Waals surface area contributed by atoms with Gasteiger partial charge in [-0.05, 0) is 29.7 Å². The maximum atomic E-state index is 6.20. The molecule has 0 aliphatic heterocycles. The van der Waals surface area contributed by atoms with Crippen molar-refractivity contribution in [3.63, 3.8) is 0 Å². The van der Waals surface area contributed by atoms with E-state index in [2.05, 4.69) is 37.5 Å². The van der Waals surface area contributed by atoms with E-state index in [1.807, 2.05) is 6.07 Å². The molecule has 17 heavy (non-hydrogen) atoms. The summed E-state index contributed by atoms with van der Waals surface area (Å²) in [7, 11) is 0. The Bertz CT molecular complexity index is 567. The van der Waals surface area contributed by atoms with Crippen molar-refractivity contribution in [2.24, 2.45) is 0 Å². The van der Waals surface area contributed by atoms with E-state index in [9.17, 15) is 0 Å². The molecule has 1 heterocycles. The molecule has 90 valence electrons. The van der Waals surface area contributed by atoms with Crippen molar-refractivity contribution >= 4 is 46.7 Å². The van der Waals surface area contributed by atoms with Gasteiger partial charge in [-0.15, -0.1) is 0 Å². The van der Waals surface area contributed by atoms with Gasteiger partial charge < -0.3 is 0 Å². The Labute approximate surface area is 117 Å². The Morgan fingerprint density at radius 1 is 1.24 bits per heavy atom. The second-order valence-corrected chi connectivity index (χ2v) is 5.46. The van der Waals surface area contributed by atoms with Gasteiger partial charge in [0.25, 0.3) is 0 Å². The lowest BCUT2D eigenvalue weighted by atomic mass is 10.0. The van der Waals surface area contributed by atoms with Gasteiger partial charge in [0.05, 0.1) is 10.5 Å². The number of pyridine rings is 1. The van der Waals surface area contributed by atoms with Crippen molar-refractivity contribution in [3.8, 4) is 0 Å². The van der Waals surface area contributed by atoms with Crippen LogP contribution in [0.25, 0.3) is 10.9 Å². The minimum absolute atomic E-state index is 0.366. The van der Waals surface area contributed by atoms with Crippen LogP contribution in [-0.2, 0) is 5.75 Å². The van der Waals surface area contributed by atoms with Crippen molar-refractivity contribution < 1.29 is 0 Å². The first kappa shape index (κ1) is 13.0. The molecule has 0 atom stereocenters. The lowest BCUT2D eigenvalue weighted by Crippen LogP contribution is -1.97. The third kappa shape index (κ3) is 2.54. The van der Waals surface area contributed by atoms with Gasteiger partial charge in [-0.3, -0.25) is 4.98 Å². The summed E-state index contributed by atoms with van der Waals surface area (Å²) in [6, 6.07) is 5.70. The number of thiol groups is 1. The Morgan fingerprint density at radius 2 is 1.94 bits per heavy atom. The number of nitrogens with zero attached hydrogens (tertiary/aromatic N) is 1. The van der Waals surface area contributed by atoms with E-state index >= 15 is 0 Å². The number of hydrogen-bond acceptors (Lipinski definition) is 2. The maximum absolute atomic E-state index is 6.20. The Hall–Kier alpha value is -0.440. The molecule has 2 aromatic rings. The highest BCUT2D eigenvalue weighted by Gasteiger charge is 2.11. The molecule has 0 radical (unpaired) electrons. The molecule has 0 aliphatic carbocycles. The number of hydrogen-bond donors (Lipinski definition) is 1. The van der Waals surface area contributed by atoms with E-state index in [4.69, 9.17) is 23.2 Å². The summed E-state index contributed by atoms with van der Waals surface area (Å²) in [5.74, 6) is 1.01. The van der Waals surface area contributed by atoms with Gasteiger partial charge in [0.15, 0.2) is 0 Å². The van der Waals surface area contributed by atoms with Crippen LogP contribution in [0.3, 0.4) is 0 Å². The summed E-state index contributed by atoms with van der Waals surface area (Å²) in [4.78, 5) is 4.60. The van der Waals surface area contributed by atoms with Crippen LogP contribution < -0.4 is 0 Å². The first-order valence-electron chi connectivity index (χ1n) is 5.42. The van der Waals surface area contributed by atoms with Gasteiger partial charge in [0.1, 0.15) is 0 Å². The fraction of sp³-hybridized carbons (Fsp3) is 0.308. The molecule has 2 rings (SSSR count). The number of benzene rings is 1. The van der Waals surface area contributed by atoms with Crippen LogP contribution in [-0.4, -0.2) is 4.98 Å². The normalized spacial score (nSPS) is 11.4. The smallest absolute Gasteiger partial charge is 0.0895 e. The Balaban J connectivity index is 2.82. The number of halogens is 2. The SMILES string of the molecule is CC(C)c1cc(CS)c2cc(Cl)cc(Cl)c2n1. The molecule has 0 aliphatic rings. The van der Waals surface area contributed by atoms with Gasteiger partial charge in [0.2, 0.25) is 0 Å². The monoisotopic (exact) mass is 285 g/mol.